The van der Waals surface area contributed by atoms with Gasteiger partial charge in [-0.15, -0.1) is 0 Å². The van der Waals surface area contributed by atoms with E-state index in [4.69, 9.17) is 0 Å². The Morgan fingerprint density at radius 2 is 2.04 bits per heavy atom. The second-order valence-corrected chi connectivity index (χ2v) is 6.76. The summed E-state index contributed by atoms with van der Waals surface area (Å²) in [5.74, 6) is -0.295. The molecule has 6 heteroatoms. The molecule has 26 heavy (non-hydrogen) atoms. The molecular formula is C20H21FN4O. The van der Waals surface area contributed by atoms with Gasteiger partial charge in [0.15, 0.2) is 0 Å². The molecule has 3 aromatic rings. The molecule has 1 aromatic carbocycles. The zero-order valence-corrected chi connectivity index (χ0v) is 14.7. The molecule has 1 fully saturated rings. The number of carbonyl (C=O) groups is 1. The number of fused-ring (bicyclic) bond motifs is 1. The zero-order chi connectivity index (χ0) is 18.1. The van der Waals surface area contributed by atoms with Gasteiger partial charge in [-0.2, -0.15) is 0 Å². The van der Waals surface area contributed by atoms with Gasteiger partial charge in [-0.05, 0) is 56.2 Å². The highest BCUT2D eigenvalue weighted by Gasteiger charge is 2.26. The number of pyridine rings is 1. The summed E-state index contributed by atoms with van der Waals surface area (Å²) < 4.78 is 15.0. The molecule has 0 bridgehead atoms. The molecule has 1 amide bonds. The van der Waals surface area contributed by atoms with E-state index in [1.807, 2.05) is 40.6 Å². The van der Waals surface area contributed by atoms with E-state index in [9.17, 15) is 9.18 Å². The summed E-state index contributed by atoms with van der Waals surface area (Å²) in [4.78, 5) is 19.2. The number of halogens is 1. The van der Waals surface area contributed by atoms with E-state index in [-0.39, 0.29) is 17.8 Å². The predicted molar refractivity (Wildman–Crippen MR) is 98.9 cm³/mol. The van der Waals surface area contributed by atoms with E-state index < -0.39 is 0 Å². The lowest BCUT2D eigenvalue weighted by atomic mass is 10.0. The molecule has 1 N–H and O–H groups in total. The first-order chi connectivity index (χ1) is 12.6. The number of carbonyl (C=O) groups excluding carboxylic acids is 1. The van der Waals surface area contributed by atoms with Crippen molar-refractivity contribution in [2.75, 3.05) is 18.4 Å². The lowest BCUT2D eigenvalue weighted by Gasteiger charge is -2.33. The highest BCUT2D eigenvalue weighted by Crippen LogP contribution is 2.19. The Hall–Kier alpha value is -2.89. The number of likely N-dealkylation sites (tertiary alicyclic amines) is 1. The van der Waals surface area contributed by atoms with Gasteiger partial charge in [0.1, 0.15) is 17.2 Å². The first-order valence-corrected chi connectivity index (χ1v) is 8.86. The van der Waals surface area contributed by atoms with E-state index in [0.29, 0.717) is 12.2 Å². The number of hydrogen-bond acceptors (Lipinski definition) is 3. The summed E-state index contributed by atoms with van der Waals surface area (Å²) >= 11 is 0. The fourth-order valence-corrected chi connectivity index (χ4v) is 3.47. The van der Waals surface area contributed by atoms with Crippen LogP contribution in [-0.4, -0.2) is 39.3 Å². The number of amides is 1. The number of imidazole rings is 1. The third kappa shape index (κ3) is 3.27. The molecule has 1 atom stereocenters. The summed E-state index contributed by atoms with van der Waals surface area (Å²) in [6, 6.07) is 12.3. The van der Waals surface area contributed by atoms with Gasteiger partial charge >= 0.3 is 0 Å². The lowest BCUT2D eigenvalue weighted by Crippen LogP contribution is -2.45. The molecule has 3 heterocycles. The number of benzene rings is 1. The molecule has 1 aliphatic rings. The van der Waals surface area contributed by atoms with Gasteiger partial charge in [0.25, 0.3) is 5.91 Å². The molecule has 0 saturated carbocycles. The Morgan fingerprint density at radius 1 is 1.23 bits per heavy atom. The molecule has 134 valence electrons. The molecule has 0 spiro atoms. The number of aryl methyl sites for hydroxylation is 1. The van der Waals surface area contributed by atoms with Crippen molar-refractivity contribution in [2.45, 2.75) is 25.8 Å². The second kappa shape index (κ2) is 6.78. The average molecular weight is 352 g/mol. The van der Waals surface area contributed by atoms with Crippen LogP contribution in [0.1, 0.15) is 29.0 Å². The molecule has 0 aliphatic carbocycles. The van der Waals surface area contributed by atoms with Crippen LogP contribution in [0, 0.1) is 12.7 Å². The van der Waals surface area contributed by atoms with Gasteiger partial charge < -0.3 is 14.6 Å². The lowest BCUT2D eigenvalue weighted by molar-refractivity contribution is 0.0709. The normalized spacial score (nSPS) is 17.5. The van der Waals surface area contributed by atoms with Crippen molar-refractivity contribution in [3.63, 3.8) is 0 Å². The van der Waals surface area contributed by atoms with Crippen molar-refractivity contribution >= 4 is 17.2 Å². The molecule has 2 aromatic heterocycles. The van der Waals surface area contributed by atoms with Gasteiger partial charge in [0.05, 0.1) is 0 Å². The van der Waals surface area contributed by atoms with Crippen molar-refractivity contribution in [2.24, 2.45) is 0 Å². The monoisotopic (exact) mass is 352 g/mol. The van der Waals surface area contributed by atoms with Gasteiger partial charge in [-0.25, -0.2) is 9.37 Å². The quantitative estimate of drug-likeness (QED) is 0.785. The third-order valence-corrected chi connectivity index (χ3v) is 4.84. The third-order valence-electron chi connectivity index (χ3n) is 4.84. The highest BCUT2D eigenvalue weighted by atomic mass is 19.1. The largest absolute Gasteiger partial charge is 0.381 e. The number of anilines is 1. The van der Waals surface area contributed by atoms with E-state index in [1.165, 1.54) is 12.1 Å². The molecule has 4 rings (SSSR count). The summed E-state index contributed by atoms with van der Waals surface area (Å²) in [6.45, 7) is 3.34. The fraction of sp³-hybridized carbons (Fsp3) is 0.300. The van der Waals surface area contributed by atoms with Crippen LogP contribution in [0.5, 0.6) is 0 Å². The van der Waals surface area contributed by atoms with Crippen LogP contribution < -0.4 is 5.32 Å². The molecule has 1 saturated heterocycles. The van der Waals surface area contributed by atoms with E-state index in [1.54, 1.807) is 12.1 Å². The topological polar surface area (TPSA) is 49.6 Å². The molecule has 5 nitrogen and oxygen atoms in total. The fourth-order valence-electron chi connectivity index (χ4n) is 3.47. The van der Waals surface area contributed by atoms with Gasteiger partial charge in [0, 0.05) is 36.7 Å². The standard InChI is InChI=1S/C20H21FN4O/c1-14-4-2-6-19-23-18(13-25(14)19)20(26)24-11-3-5-17(12-24)22-16-9-7-15(21)8-10-16/h2,4,6-10,13,17,22H,3,5,11-12H2,1H3. The van der Waals surface area contributed by atoms with Crippen molar-refractivity contribution < 1.29 is 9.18 Å². The minimum atomic E-state index is -0.252. The number of nitrogens with zero attached hydrogens (tertiary/aromatic N) is 3. The first kappa shape index (κ1) is 16.6. The van der Waals surface area contributed by atoms with E-state index in [2.05, 4.69) is 10.3 Å². The van der Waals surface area contributed by atoms with Crippen LogP contribution in [0.4, 0.5) is 10.1 Å². The molecule has 0 radical (unpaired) electrons. The van der Waals surface area contributed by atoms with Gasteiger partial charge in [-0.1, -0.05) is 6.07 Å². The van der Waals surface area contributed by atoms with Crippen LogP contribution in [0.2, 0.25) is 0 Å². The molecule has 1 aliphatic heterocycles. The Balaban J connectivity index is 1.48. The maximum Gasteiger partial charge on any atom is 0.274 e. The number of nitrogens with one attached hydrogen (secondary N) is 1. The minimum absolute atomic E-state index is 0.0429. The smallest absolute Gasteiger partial charge is 0.274 e. The maximum atomic E-state index is 13.0. The minimum Gasteiger partial charge on any atom is -0.381 e. The van der Waals surface area contributed by atoms with Crippen molar-refractivity contribution in [1.29, 1.82) is 0 Å². The average Bonchev–Trinajstić information content (AvgIpc) is 3.09. The van der Waals surface area contributed by atoms with Gasteiger partial charge in [0.2, 0.25) is 0 Å². The van der Waals surface area contributed by atoms with Crippen molar-refractivity contribution in [3.05, 3.63) is 65.9 Å². The SMILES string of the molecule is Cc1cccc2nc(C(=O)N3CCCC(Nc4ccc(F)cc4)C3)cn12. The zero-order valence-electron chi connectivity index (χ0n) is 14.7. The van der Waals surface area contributed by atoms with Crippen LogP contribution in [-0.2, 0) is 0 Å². The van der Waals surface area contributed by atoms with Crippen LogP contribution in [0.3, 0.4) is 0 Å². The first-order valence-electron chi connectivity index (χ1n) is 8.86. The second-order valence-electron chi connectivity index (χ2n) is 6.76. The van der Waals surface area contributed by atoms with Crippen LogP contribution in [0.25, 0.3) is 5.65 Å². The number of rotatable bonds is 3. The van der Waals surface area contributed by atoms with E-state index >= 15 is 0 Å². The summed E-state index contributed by atoms with van der Waals surface area (Å²) in [5.41, 5.74) is 3.17. The van der Waals surface area contributed by atoms with Crippen molar-refractivity contribution in [1.82, 2.24) is 14.3 Å². The number of hydrogen-bond donors (Lipinski definition) is 1. The number of aromatic nitrogens is 2. The summed E-state index contributed by atoms with van der Waals surface area (Å²) in [6.07, 6.45) is 3.71. The summed E-state index contributed by atoms with van der Waals surface area (Å²) in [7, 11) is 0. The Labute approximate surface area is 151 Å². The molecule has 1 unspecified atom stereocenters. The summed E-state index contributed by atoms with van der Waals surface area (Å²) in [5, 5.41) is 3.39. The van der Waals surface area contributed by atoms with Crippen molar-refractivity contribution in [3.8, 4) is 0 Å². The predicted octanol–water partition coefficient (Wildman–Crippen LogP) is 3.50. The molecular weight excluding hydrogens is 331 g/mol. The van der Waals surface area contributed by atoms with Crippen LogP contribution in [0.15, 0.2) is 48.7 Å². The number of piperidine rings is 1. The Kier molecular flexibility index (Phi) is 4.32. The highest BCUT2D eigenvalue weighted by molar-refractivity contribution is 5.93. The Bertz CT molecular complexity index is 935. The van der Waals surface area contributed by atoms with Gasteiger partial charge in [-0.3, -0.25) is 4.79 Å². The Morgan fingerprint density at radius 3 is 2.81 bits per heavy atom. The van der Waals surface area contributed by atoms with E-state index in [0.717, 1.165) is 36.4 Å². The van der Waals surface area contributed by atoms with Crippen LogP contribution >= 0.6 is 0 Å². The maximum absolute atomic E-state index is 13.0.